The Labute approximate surface area is 124 Å². The van der Waals surface area contributed by atoms with E-state index in [9.17, 15) is 0 Å². The minimum atomic E-state index is -2.04. The summed E-state index contributed by atoms with van der Waals surface area (Å²) in [4.78, 5) is 8.49. The summed E-state index contributed by atoms with van der Waals surface area (Å²) >= 11 is 0. The molecular formula is C17H19N3. The fourth-order valence-corrected chi connectivity index (χ4v) is 3.35. The molecule has 3 heteroatoms. The van der Waals surface area contributed by atoms with E-state index in [1.165, 1.54) is 16.7 Å². The number of hydrogen-bond acceptors (Lipinski definition) is 3. The number of hydrogen-bond donors (Lipinski definition) is 0. The highest BCUT2D eigenvalue weighted by Gasteiger charge is 2.32. The van der Waals surface area contributed by atoms with E-state index in [4.69, 9.17) is 4.11 Å². The molecule has 102 valence electrons. The van der Waals surface area contributed by atoms with Gasteiger partial charge in [0.15, 0.2) is 0 Å². The highest BCUT2D eigenvalue weighted by Crippen LogP contribution is 2.37. The number of piperazine rings is 1. The summed E-state index contributed by atoms with van der Waals surface area (Å²) < 4.78 is 23.2. The summed E-state index contributed by atoms with van der Waals surface area (Å²) in [5.74, 6) is 0.999. The largest absolute Gasteiger partial charge is 0.347 e. The Morgan fingerprint density at radius 3 is 3.00 bits per heavy atom. The Kier molecular flexibility index (Phi) is 2.10. The first-order chi connectivity index (χ1) is 11.0. The van der Waals surface area contributed by atoms with Crippen LogP contribution in [0.15, 0.2) is 42.6 Å². The topological polar surface area (TPSA) is 19.4 Å². The average molecular weight is 268 g/mol. The smallest absolute Gasteiger partial charge is 0.132 e. The second-order valence-corrected chi connectivity index (χ2v) is 5.52. The molecule has 3 heterocycles. The van der Waals surface area contributed by atoms with E-state index in [2.05, 4.69) is 34.1 Å². The first-order valence-corrected chi connectivity index (χ1v) is 7.07. The second kappa shape index (κ2) is 4.60. The van der Waals surface area contributed by atoms with E-state index in [1.54, 1.807) is 4.90 Å². The molecule has 0 N–H and O–H groups in total. The fraction of sp³-hybridized carbons (Fsp3) is 0.353. The number of fused-ring (bicyclic) bond motifs is 5. The summed E-state index contributed by atoms with van der Waals surface area (Å²) in [5.41, 5.74) is 3.70. The lowest BCUT2D eigenvalue weighted by Crippen LogP contribution is -2.47. The average Bonchev–Trinajstić information content (AvgIpc) is 2.68. The van der Waals surface area contributed by atoms with Crippen LogP contribution >= 0.6 is 0 Å². The Morgan fingerprint density at radius 1 is 1.15 bits per heavy atom. The van der Waals surface area contributed by atoms with Gasteiger partial charge in [0.25, 0.3) is 0 Å². The van der Waals surface area contributed by atoms with Crippen LogP contribution in [0.1, 0.15) is 26.8 Å². The van der Waals surface area contributed by atoms with Gasteiger partial charge in [-0.2, -0.15) is 0 Å². The van der Waals surface area contributed by atoms with E-state index >= 15 is 0 Å². The third kappa shape index (κ3) is 1.81. The Morgan fingerprint density at radius 2 is 2.05 bits per heavy atom. The minimum Gasteiger partial charge on any atom is -0.347 e. The van der Waals surface area contributed by atoms with Gasteiger partial charge in [0, 0.05) is 36.4 Å². The van der Waals surface area contributed by atoms with E-state index < -0.39 is 6.98 Å². The minimum absolute atomic E-state index is 0.0384. The van der Waals surface area contributed by atoms with E-state index in [-0.39, 0.29) is 6.04 Å². The predicted octanol–water partition coefficient (Wildman–Crippen LogP) is 2.48. The van der Waals surface area contributed by atoms with Crippen molar-refractivity contribution in [3.05, 3.63) is 59.3 Å². The van der Waals surface area contributed by atoms with Crippen molar-refractivity contribution in [3.8, 4) is 0 Å². The van der Waals surface area contributed by atoms with Crippen LogP contribution in [-0.2, 0) is 6.42 Å². The summed E-state index contributed by atoms with van der Waals surface area (Å²) in [6.07, 6.45) is 2.67. The fourth-order valence-electron chi connectivity index (χ4n) is 3.35. The lowest BCUT2D eigenvalue weighted by Gasteiger charge is -2.41. The molecule has 0 bridgehead atoms. The van der Waals surface area contributed by atoms with E-state index in [0.717, 1.165) is 12.2 Å². The number of nitrogens with zero attached hydrogens (tertiary/aromatic N) is 3. The van der Waals surface area contributed by atoms with Crippen LogP contribution in [0.25, 0.3) is 0 Å². The number of benzene rings is 1. The Hall–Kier alpha value is -1.87. The van der Waals surface area contributed by atoms with Crippen molar-refractivity contribution in [2.24, 2.45) is 0 Å². The standard InChI is InChI=1S/C17H19N3/c1-19-9-10-20-16(12-19)15-7-3-2-5-13(15)11-14-6-4-8-18-17(14)20/h2-8,16H,9-12H2,1H3/t16-/m1/s1/i1D3. The van der Waals surface area contributed by atoms with Crippen molar-refractivity contribution in [1.29, 1.82) is 0 Å². The zero-order valence-electron chi connectivity index (χ0n) is 14.3. The number of anilines is 1. The van der Waals surface area contributed by atoms with Gasteiger partial charge in [0.05, 0.1) is 6.04 Å². The van der Waals surface area contributed by atoms with Gasteiger partial charge in [-0.25, -0.2) is 4.98 Å². The third-order valence-corrected chi connectivity index (χ3v) is 4.31. The summed E-state index contributed by atoms with van der Waals surface area (Å²) in [5, 5.41) is 0. The first kappa shape index (κ1) is 9.14. The van der Waals surface area contributed by atoms with Crippen LogP contribution in [0.2, 0.25) is 0 Å². The van der Waals surface area contributed by atoms with Gasteiger partial charge in [0.1, 0.15) is 5.82 Å². The van der Waals surface area contributed by atoms with Crippen molar-refractivity contribution < 1.29 is 4.11 Å². The van der Waals surface area contributed by atoms with Crippen molar-refractivity contribution >= 4 is 5.82 Å². The second-order valence-electron chi connectivity index (χ2n) is 5.52. The normalized spacial score (nSPS) is 24.5. The molecule has 0 spiro atoms. The van der Waals surface area contributed by atoms with Crippen LogP contribution in [0, 0.1) is 0 Å². The lowest BCUT2D eigenvalue weighted by atomic mass is 9.96. The van der Waals surface area contributed by atoms with Crippen molar-refractivity contribution in [1.82, 2.24) is 9.88 Å². The predicted molar refractivity (Wildman–Crippen MR) is 81.1 cm³/mol. The van der Waals surface area contributed by atoms with Crippen LogP contribution in [0.3, 0.4) is 0 Å². The van der Waals surface area contributed by atoms with E-state index in [1.807, 2.05) is 18.3 Å². The molecule has 2 aliphatic heterocycles. The van der Waals surface area contributed by atoms with Gasteiger partial charge < -0.3 is 9.80 Å². The van der Waals surface area contributed by atoms with Gasteiger partial charge in [-0.15, -0.1) is 0 Å². The molecule has 4 rings (SSSR count). The van der Waals surface area contributed by atoms with Crippen molar-refractivity contribution in [2.45, 2.75) is 12.5 Å². The Bertz CT molecular complexity index is 729. The van der Waals surface area contributed by atoms with Gasteiger partial charge in [-0.3, -0.25) is 0 Å². The molecule has 0 unspecified atom stereocenters. The van der Waals surface area contributed by atoms with E-state index in [0.29, 0.717) is 19.6 Å². The van der Waals surface area contributed by atoms with Gasteiger partial charge in [0.2, 0.25) is 0 Å². The molecule has 0 saturated carbocycles. The first-order valence-electron chi connectivity index (χ1n) is 8.57. The maximum Gasteiger partial charge on any atom is 0.132 e. The quantitative estimate of drug-likeness (QED) is 0.732. The molecular weight excluding hydrogens is 246 g/mol. The summed E-state index contributed by atoms with van der Waals surface area (Å²) in [7, 11) is 0. The maximum atomic E-state index is 7.74. The van der Waals surface area contributed by atoms with Crippen LogP contribution in [0.5, 0.6) is 0 Å². The van der Waals surface area contributed by atoms with Gasteiger partial charge in [-0.05, 0) is 29.7 Å². The SMILES string of the molecule is [2H]C([2H])([2H])N1CCN2c3ncccc3Cc3ccccc3[C@H]2C1. The molecule has 0 aliphatic carbocycles. The highest BCUT2D eigenvalue weighted by atomic mass is 15.3. The van der Waals surface area contributed by atoms with Gasteiger partial charge >= 0.3 is 0 Å². The molecule has 2 aromatic rings. The highest BCUT2D eigenvalue weighted by molar-refractivity contribution is 5.56. The molecule has 1 atom stereocenters. The lowest BCUT2D eigenvalue weighted by molar-refractivity contribution is 0.268. The molecule has 1 aromatic carbocycles. The van der Waals surface area contributed by atoms with Crippen LogP contribution < -0.4 is 4.90 Å². The molecule has 1 saturated heterocycles. The van der Waals surface area contributed by atoms with Crippen molar-refractivity contribution in [3.63, 3.8) is 0 Å². The third-order valence-electron chi connectivity index (χ3n) is 4.31. The summed E-state index contributed by atoms with van der Waals surface area (Å²) in [6, 6.07) is 12.5. The maximum absolute atomic E-state index is 7.74. The Balaban J connectivity index is 1.82. The molecule has 3 nitrogen and oxygen atoms in total. The van der Waals surface area contributed by atoms with Crippen LogP contribution in [0.4, 0.5) is 5.82 Å². The number of likely N-dealkylation sites (N-methyl/N-ethyl adjacent to an activating group) is 1. The van der Waals surface area contributed by atoms with Gasteiger partial charge in [-0.1, -0.05) is 30.3 Å². The van der Waals surface area contributed by atoms with Crippen LogP contribution in [-0.4, -0.2) is 36.5 Å². The number of aromatic nitrogens is 1. The number of rotatable bonds is 0. The van der Waals surface area contributed by atoms with Crippen molar-refractivity contribution in [2.75, 3.05) is 31.5 Å². The molecule has 1 aromatic heterocycles. The zero-order chi connectivity index (χ0) is 16.0. The molecule has 0 amide bonds. The zero-order valence-corrected chi connectivity index (χ0v) is 11.3. The molecule has 1 fully saturated rings. The molecule has 0 radical (unpaired) electrons. The monoisotopic (exact) mass is 268 g/mol. The molecule has 2 aliphatic rings. The summed E-state index contributed by atoms with van der Waals surface area (Å²) in [6.45, 7) is -0.323. The number of pyridine rings is 1. The molecule has 20 heavy (non-hydrogen) atoms.